The van der Waals surface area contributed by atoms with Gasteiger partial charge in [0.1, 0.15) is 5.82 Å². The van der Waals surface area contributed by atoms with Crippen LogP contribution in [-0.2, 0) is 13.0 Å². The van der Waals surface area contributed by atoms with E-state index < -0.39 is 12.1 Å². The van der Waals surface area contributed by atoms with Gasteiger partial charge in [-0.05, 0) is 37.9 Å². The van der Waals surface area contributed by atoms with E-state index in [2.05, 4.69) is 70.2 Å². The van der Waals surface area contributed by atoms with E-state index in [0.717, 1.165) is 30.0 Å². The first-order valence-electron chi connectivity index (χ1n) is 12.8. The first kappa shape index (κ1) is 25.3. The van der Waals surface area contributed by atoms with Crippen LogP contribution in [0.25, 0.3) is 10.8 Å². The summed E-state index contributed by atoms with van der Waals surface area (Å²) in [6.07, 6.45) is -0.0856. The van der Waals surface area contributed by atoms with Gasteiger partial charge in [0, 0.05) is 42.8 Å². The molecule has 0 bridgehead atoms. The second-order valence-corrected chi connectivity index (χ2v) is 9.94. The van der Waals surface area contributed by atoms with Gasteiger partial charge in [-0.15, -0.1) is 0 Å². The molecule has 1 atom stereocenters. The Labute approximate surface area is 222 Å². The zero-order valence-corrected chi connectivity index (χ0v) is 21.8. The van der Waals surface area contributed by atoms with Gasteiger partial charge in [0.2, 0.25) is 5.82 Å². The molecule has 1 saturated heterocycles. The summed E-state index contributed by atoms with van der Waals surface area (Å²) in [5, 5.41) is 21.4. The molecule has 9 nitrogen and oxygen atoms in total. The summed E-state index contributed by atoms with van der Waals surface area (Å²) in [7, 11) is 3.93. The number of hydrogen-bond donors (Lipinski definition) is 1. The van der Waals surface area contributed by atoms with Crippen molar-refractivity contribution in [3.8, 4) is 17.9 Å². The predicted octanol–water partition coefficient (Wildman–Crippen LogP) is 3.19. The molecule has 1 N–H and O–H groups in total. The average Bonchev–Trinajstić information content (AvgIpc) is 2.92. The van der Waals surface area contributed by atoms with Gasteiger partial charge in [0.15, 0.2) is 0 Å². The van der Waals surface area contributed by atoms with E-state index in [0.29, 0.717) is 38.5 Å². The molecule has 1 amide bonds. The van der Waals surface area contributed by atoms with Crippen LogP contribution in [0.4, 0.5) is 16.3 Å². The third-order valence-corrected chi connectivity index (χ3v) is 7.10. The molecule has 0 radical (unpaired) electrons. The normalized spacial score (nSPS) is 17.1. The Hall–Kier alpha value is -4.34. The van der Waals surface area contributed by atoms with Crippen LogP contribution >= 0.6 is 0 Å². The number of carboxylic acid groups (broad SMARTS) is 1. The molecule has 0 spiro atoms. The summed E-state index contributed by atoms with van der Waals surface area (Å²) in [4.78, 5) is 29.4. The molecular formula is C29H31N7O2. The molecule has 38 heavy (non-hydrogen) atoms. The maximum absolute atomic E-state index is 11.8. The fraction of sp³-hybridized carbons (Fsp3) is 0.379. The first-order chi connectivity index (χ1) is 18.4. The van der Waals surface area contributed by atoms with Gasteiger partial charge in [0.25, 0.3) is 0 Å². The molecule has 0 aliphatic carbocycles. The van der Waals surface area contributed by atoms with Crippen molar-refractivity contribution >= 4 is 28.4 Å². The summed E-state index contributed by atoms with van der Waals surface area (Å²) in [5.74, 6) is 7.57. The predicted molar refractivity (Wildman–Crippen MR) is 147 cm³/mol. The van der Waals surface area contributed by atoms with Gasteiger partial charge < -0.3 is 19.8 Å². The lowest BCUT2D eigenvalue weighted by molar-refractivity contribution is 0.119. The van der Waals surface area contributed by atoms with Gasteiger partial charge in [-0.1, -0.05) is 42.3 Å². The van der Waals surface area contributed by atoms with E-state index >= 15 is 0 Å². The van der Waals surface area contributed by atoms with Crippen LogP contribution in [0.3, 0.4) is 0 Å². The van der Waals surface area contributed by atoms with E-state index in [1.54, 1.807) is 0 Å². The van der Waals surface area contributed by atoms with Crippen molar-refractivity contribution in [3.63, 3.8) is 0 Å². The standard InChI is InChI=1S/C29H31N7O2/c1-33(2)15-6-11-27-31-25-20-34(26-10-5-8-21-7-3-4-9-23(21)26)16-13-24(25)28(32-27)35-17-18-36(29(37)38)22(19-35)12-14-30/h3-5,7-10,22H,12-13,15-20H2,1-2H3,(H,37,38)/t22-/m0/s1. The number of fused-ring (bicyclic) bond motifs is 2. The highest BCUT2D eigenvalue weighted by Gasteiger charge is 2.33. The van der Waals surface area contributed by atoms with Crippen molar-refractivity contribution in [2.45, 2.75) is 25.4 Å². The highest BCUT2D eigenvalue weighted by atomic mass is 16.4. The maximum atomic E-state index is 11.8. The molecule has 2 aromatic carbocycles. The van der Waals surface area contributed by atoms with Crippen LogP contribution in [0.2, 0.25) is 0 Å². The number of benzene rings is 2. The molecule has 9 heteroatoms. The van der Waals surface area contributed by atoms with Crippen molar-refractivity contribution in [3.05, 3.63) is 59.5 Å². The molecule has 5 rings (SSSR count). The van der Waals surface area contributed by atoms with E-state index in [-0.39, 0.29) is 6.42 Å². The third kappa shape index (κ3) is 5.20. The number of carbonyl (C=O) groups is 1. The first-order valence-corrected chi connectivity index (χ1v) is 12.8. The quantitative estimate of drug-likeness (QED) is 0.536. The smallest absolute Gasteiger partial charge is 0.407 e. The zero-order valence-electron chi connectivity index (χ0n) is 21.8. The number of anilines is 2. The summed E-state index contributed by atoms with van der Waals surface area (Å²) in [6, 6.07) is 16.5. The second-order valence-electron chi connectivity index (χ2n) is 9.94. The number of rotatable bonds is 4. The number of amides is 1. The molecule has 0 saturated carbocycles. The van der Waals surface area contributed by atoms with E-state index in [1.807, 2.05) is 19.0 Å². The van der Waals surface area contributed by atoms with Crippen molar-refractivity contribution in [2.75, 3.05) is 56.6 Å². The van der Waals surface area contributed by atoms with Crippen LogP contribution < -0.4 is 9.80 Å². The Kier molecular flexibility index (Phi) is 7.30. The Balaban J connectivity index is 1.51. The Morgan fingerprint density at radius 2 is 1.92 bits per heavy atom. The van der Waals surface area contributed by atoms with E-state index in [1.165, 1.54) is 21.4 Å². The topological polar surface area (TPSA) is 99.8 Å². The van der Waals surface area contributed by atoms with E-state index in [9.17, 15) is 15.2 Å². The van der Waals surface area contributed by atoms with Gasteiger partial charge in [-0.2, -0.15) is 5.26 Å². The van der Waals surface area contributed by atoms with Crippen molar-refractivity contribution in [2.24, 2.45) is 0 Å². The number of aromatic nitrogens is 2. The summed E-state index contributed by atoms with van der Waals surface area (Å²) in [6.45, 7) is 3.30. The SMILES string of the molecule is CN(C)CC#Cc1nc2c(c(N3CCN(C(=O)O)[C@@H](CC#N)C3)n1)CCN(c1cccc3ccccc13)C2. The molecule has 1 aromatic heterocycles. The van der Waals surface area contributed by atoms with Crippen LogP contribution in [0.15, 0.2) is 42.5 Å². The lowest BCUT2D eigenvalue weighted by Crippen LogP contribution is -2.55. The number of nitrogens with zero attached hydrogens (tertiary/aromatic N) is 7. The molecule has 0 unspecified atom stereocenters. The molecule has 3 heterocycles. The van der Waals surface area contributed by atoms with Crippen LogP contribution in [0.1, 0.15) is 23.5 Å². The Bertz CT molecular complexity index is 1450. The summed E-state index contributed by atoms with van der Waals surface area (Å²) >= 11 is 0. The summed E-state index contributed by atoms with van der Waals surface area (Å²) < 4.78 is 0. The van der Waals surface area contributed by atoms with Crippen molar-refractivity contribution in [1.29, 1.82) is 5.26 Å². The average molecular weight is 510 g/mol. The zero-order chi connectivity index (χ0) is 26.6. The fourth-order valence-corrected chi connectivity index (χ4v) is 5.27. The molecule has 3 aromatic rings. The lowest BCUT2D eigenvalue weighted by Gasteiger charge is -2.41. The monoisotopic (exact) mass is 509 g/mol. The highest BCUT2D eigenvalue weighted by Crippen LogP contribution is 2.33. The van der Waals surface area contributed by atoms with E-state index in [4.69, 9.17) is 9.97 Å². The minimum atomic E-state index is -0.990. The Morgan fingerprint density at radius 1 is 1.11 bits per heavy atom. The molecule has 2 aliphatic heterocycles. The Morgan fingerprint density at radius 3 is 2.71 bits per heavy atom. The van der Waals surface area contributed by atoms with Crippen LogP contribution in [-0.4, -0.2) is 83.8 Å². The fourth-order valence-electron chi connectivity index (χ4n) is 5.27. The second kappa shape index (κ2) is 11.0. The largest absolute Gasteiger partial charge is 0.465 e. The van der Waals surface area contributed by atoms with Gasteiger partial charge in [-0.3, -0.25) is 4.90 Å². The van der Waals surface area contributed by atoms with Gasteiger partial charge >= 0.3 is 6.09 Å². The molecular weight excluding hydrogens is 478 g/mol. The van der Waals surface area contributed by atoms with Crippen LogP contribution in [0.5, 0.6) is 0 Å². The lowest BCUT2D eigenvalue weighted by atomic mass is 10.0. The third-order valence-electron chi connectivity index (χ3n) is 7.10. The molecule has 194 valence electrons. The molecule has 2 aliphatic rings. The minimum absolute atomic E-state index is 0.139. The van der Waals surface area contributed by atoms with Crippen molar-refractivity contribution in [1.82, 2.24) is 19.8 Å². The highest BCUT2D eigenvalue weighted by molar-refractivity contribution is 5.94. The maximum Gasteiger partial charge on any atom is 0.407 e. The molecule has 1 fully saturated rings. The number of piperazine rings is 1. The number of nitriles is 1. The van der Waals surface area contributed by atoms with Crippen molar-refractivity contribution < 1.29 is 9.90 Å². The van der Waals surface area contributed by atoms with Crippen LogP contribution in [0, 0.1) is 23.2 Å². The van der Waals surface area contributed by atoms with Gasteiger partial charge in [-0.25, -0.2) is 14.8 Å². The van der Waals surface area contributed by atoms with Gasteiger partial charge in [0.05, 0.1) is 37.3 Å². The summed E-state index contributed by atoms with van der Waals surface area (Å²) in [5.41, 5.74) is 3.21. The minimum Gasteiger partial charge on any atom is -0.465 e. The number of hydrogen-bond acceptors (Lipinski definition) is 7.